The summed E-state index contributed by atoms with van der Waals surface area (Å²) in [5, 5.41) is 20.6. The van der Waals surface area contributed by atoms with Gasteiger partial charge in [0.05, 0.1) is 28.8 Å². The number of benzene rings is 3. The first-order chi connectivity index (χ1) is 21.8. The molecule has 2 saturated heterocycles. The Hall–Kier alpha value is -4.06. The van der Waals surface area contributed by atoms with Gasteiger partial charge in [-0.05, 0) is 79.4 Å². The summed E-state index contributed by atoms with van der Waals surface area (Å²) in [5.74, 6) is -8.98. The molecule has 46 heavy (non-hydrogen) atoms. The summed E-state index contributed by atoms with van der Waals surface area (Å²) >= 11 is 18.0. The Morgan fingerprint density at radius 1 is 0.891 bits per heavy atom. The van der Waals surface area contributed by atoms with E-state index in [4.69, 9.17) is 23.2 Å². The van der Waals surface area contributed by atoms with Gasteiger partial charge >= 0.3 is 5.97 Å². The highest BCUT2D eigenvalue weighted by Crippen LogP contribution is 2.66. The molecule has 2 aliphatic carbocycles. The van der Waals surface area contributed by atoms with Crippen molar-refractivity contribution in [3.8, 4) is 5.75 Å². The van der Waals surface area contributed by atoms with Crippen LogP contribution in [0.5, 0.6) is 5.75 Å². The number of carbonyl (C=O) groups excluding carboxylic acids is 4. The maximum atomic E-state index is 14.4. The lowest BCUT2D eigenvalue weighted by molar-refractivity contribution is -0.125. The molecule has 3 fully saturated rings. The lowest BCUT2D eigenvalue weighted by Crippen LogP contribution is -2.60. The number of hydrogen-bond acceptors (Lipinski definition) is 6. The van der Waals surface area contributed by atoms with Crippen molar-refractivity contribution in [1.82, 2.24) is 0 Å². The van der Waals surface area contributed by atoms with Gasteiger partial charge in [-0.1, -0.05) is 33.6 Å². The van der Waals surface area contributed by atoms with E-state index >= 15 is 0 Å². The maximum absolute atomic E-state index is 14.4. The molecule has 3 aromatic carbocycles. The summed E-state index contributed by atoms with van der Waals surface area (Å²) < 4.78 is 14.3. The zero-order chi connectivity index (χ0) is 32.9. The standard InChI is InChI=1S/C33H22BrCl2FN2O7/c34-16-4-11-24(40)22(13-16)26-20-9-10-21-25(28(42)38(27(21)41)19-3-1-2-15(12-19)29(43)44)23(20)14-32(35)30(45)39(31(46)33(26,32)36)18-7-5-17(37)6-8-18/h1-9,11-13,21,23,25-26,40H,10,14H2,(H,43,44). The number of fused-ring (bicyclic) bond motifs is 4. The number of alkyl halides is 2. The van der Waals surface area contributed by atoms with Crippen LogP contribution < -0.4 is 9.80 Å². The van der Waals surface area contributed by atoms with E-state index in [1.165, 1.54) is 42.5 Å². The van der Waals surface area contributed by atoms with Crippen molar-refractivity contribution in [3.05, 3.63) is 99.8 Å². The first-order valence-electron chi connectivity index (χ1n) is 14.2. The molecule has 2 aliphatic heterocycles. The predicted octanol–water partition coefficient (Wildman–Crippen LogP) is 5.76. The second-order valence-corrected chi connectivity index (χ2v) is 14.0. The molecule has 4 amide bonds. The van der Waals surface area contributed by atoms with Crippen LogP contribution in [0.2, 0.25) is 0 Å². The number of imide groups is 2. The SMILES string of the molecule is O=C(O)c1cccc(N2C(=O)C3CC=C4C(CC5(Cl)C(=O)N(c6ccc(F)cc6)C(=O)C5(Cl)C4c4cc(Br)ccc4O)C3C2=O)c1. The van der Waals surface area contributed by atoms with Gasteiger partial charge in [-0.3, -0.25) is 24.1 Å². The molecule has 234 valence electrons. The Morgan fingerprint density at radius 3 is 2.30 bits per heavy atom. The smallest absolute Gasteiger partial charge is 0.335 e. The molecule has 4 aliphatic rings. The van der Waals surface area contributed by atoms with Gasteiger partial charge in [0.25, 0.3) is 11.8 Å². The molecule has 0 spiro atoms. The molecule has 7 rings (SSSR count). The summed E-state index contributed by atoms with van der Waals surface area (Å²) in [6, 6.07) is 14.7. The van der Waals surface area contributed by atoms with Gasteiger partial charge in [-0.2, -0.15) is 0 Å². The number of phenols is 1. The van der Waals surface area contributed by atoms with E-state index in [1.54, 1.807) is 18.2 Å². The molecular formula is C33H22BrCl2FN2O7. The van der Waals surface area contributed by atoms with Crippen molar-refractivity contribution in [3.63, 3.8) is 0 Å². The number of amides is 4. The second kappa shape index (κ2) is 10.5. The first-order valence-corrected chi connectivity index (χ1v) is 15.8. The minimum atomic E-state index is -2.20. The molecular weight excluding hydrogens is 706 g/mol. The number of aromatic carboxylic acids is 1. The van der Waals surface area contributed by atoms with Crippen LogP contribution in [0.4, 0.5) is 15.8 Å². The van der Waals surface area contributed by atoms with Crippen molar-refractivity contribution in [2.24, 2.45) is 17.8 Å². The fourth-order valence-corrected chi connectivity index (χ4v) is 8.84. The Balaban J connectivity index is 1.40. The van der Waals surface area contributed by atoms with E-state index in [1.807, 2.05) is 0 Å². The lowest BCUT2D eigenvalue weighted by Gasteiger charge is -2.50. The van der Waals surface area contributed by atoms with Crippen LogP contribution in [-0.4, -0.2) is 49.6 Å². The minimum absolute atomic E-state index is 0.0366. The highest BCUT2D eigenvalue weighted by Gasteiger charge is 2.77. The molecule has 0 aromatic heterocycles. The zero-order valence-electron chi connectivity index (χ0n) is 23.5. The minimum Gasteiger partial charge on any atom is -0.508 e. The van der Waals surface area contributed by atoms with Crippen molar-refractivity contribution in [2.75, 3.05) is 9.80 Å². The van der Waals surface area contributed by atoms with Crippen LogP contribution >= 0.6 is 39.1 Å². The van der Waals surface area contributed by atoms with Gasteiger partial charge in [0, 0.05) is 16.0 Å². The van der Waals surface area contributed by atoms with Crippen LogP contribution in [0.25, 0.3) is 0 Å². The van der Waals surface area contributed by atoms with E-state index in [9.17, 15) is 38.6 Å². The number of nitrogens with zero attached hydrogens (tertiary/aromatic N) is 2. The zero-order valence-corrected chi connectivity index (χ0v) is 26.6. The topological polar surface area (TPSA) is 132 Å². The largest absolute Gasteiger partial charge is 0.508 e. The average molecular weight is 728 g/mol. The number of hydrogen-bond donors (Lipinski definition) is 2. The number of phenolic OH excluding ortho intramolecular Hbond substituents is 1. The molecule has 2 heterocycles. The summed E-state index contributed by atoms with van der Waals surface area (Å²) in [4.78, 5) is 65.7. The molecule has 0 radical (unpaired) electrons. The molecule has 0 bridgehead atoms. The summed E-state index contributed by atoms with van der Waals surface area (Å²) in [6.45, 7) is 0. The van der Waals surface area contributed by atoms with Crippen molar-refractivity contribution >= 4 is 80.1 Å². The van der Waals surface area contributed by atoms with Gasteiger partial charge in [-0.15, -0.1) is 23.2 Å². The third-order valence-corrected chi connectivity index (χ3v) is 11.5. The molecule has 9 nitrogen and oxygen atoms in total. The molecule has 6 unspecified atom stereocenters. The molecule has 13 heteroatoms. The fourth-order valence-electron chi connectivity index (χ4n) is 7.53. The Labute approximate surface area is 279 Å². The summed E-state index contributed by atoms with van der Waals surface area (Å²) in [5.41, 5.74) is 0.649. The molecule has 6 atom stereocenters. The molecule has 1 saturated carbocycles. The van der Waals surface area contributed by atoms with Crippen LogP contribution in [0.3, 0.4) is 0 Å². The highest BCUT2D eigenvalue weighted by molar-refractivity contribution is 9.10. The number of carboxylic acids is 1. The number of rotatable bonds is 4. The Bertz CT molecular complexity index is 1940. The number of carboxylic acid groups (broad SMARTS) is 1. The van der Waals surface area contributed by atoms with Crippen molar-refractivity contribution < 1.29 is 38.6 Å². The fraction of sp³-hybridized carbons (Fsp3) is 0.242. The summed E-state index contributed by atoms with van der Waals surface area (Å²) in [6.07, 6.45) is 1.49. The molecule has 2 N–H and O–H groups in total. The van der Waals surface area contributed by atoms with E-state index in [0.717, 1.165) is 21.9 Å². The van der Waals surface area contributed by atoms with Crippen molar-refractivity contribution in [2.45, 2.75) is 28.5 Å². The number of aromatic hydroxyl groups is 1. The van der Waals surface area contributed by atoms with E-state index in [2.05, 4.69) is 15.9 Å². The third-order valence-electron chi connectivity index (χ3n) is 9.55. The summed E-state index contributed by atoms with van der Waals surface area (Å²) in [7, 11) is 0. The van der Waals surface area contributed by atoms with E-state index < -0.39 is 68.8 Å². The van der Waals surface area contributed by atoms with Gasteiger partial charge < -0.3 is 10.2 Å². The van der Waals surface area contributed by atoms with Gasteiger partial charge in [-0.25, -0.2) is 14.1 Å². The van der Waals surface area contributed by atoms with Gasteiger partial charge in [0.2, 0.25) is 11.8 Å². The van der Waals surface area contributed by atoms with Crippen molar-refractivity contribution in [1.29, 1.82) is 0 Å². The normalized spacial score (nSPS) is 30.2. The van der Waals surface area contributed by atoms with Gasteiger partial charge in [0.15, 0.2) is 9.75 Å². The number of anilines is 2. The van der Waals surface area contributed by atoms with E-state index in [0.29, 0.717) is 10.0 Å². The number of halogens is 4. The maximum Gasteiger partial charge on any atom is 0.335 e. The lowest BCUT2D eigenvalue weighted by atomic mass is 9.56. The second-order valence-electron chi connectivity index (χ2n) is 11.8. The van der Waals surface area contributed by atoms with Gasteiger partial charge in [0.1, 0.15) is 11.6 Å². The Kier molecular flexibility index (Phi) is 6.97. The average Bonchev–Trinajstić information content (AvgIpc) is 3.37. The Morgan fingerprint density at radius 2 is 1.61 bits per heavy atom. The monoisotopic (exact) mass is 726 g/mol. The van der Waals surface area contributed by atoms with Crippen LogP contribution in [-0.2, 0) is 19.2 Å². The first kappa shape index (κ1) is 30.6. The third kappa shape index (κ3) is 4.07. The molecule has 3 aromatic rings. The van der Waals surface area contributed by atoms with Crippen LogP contribution in [0.1, 0.15) is 34.7 Å². The number of carbonyl (C=O) groups is 5. The van der Waals surface area contributed by atoms with Crippen LogP contribution in [0.15, 0.2) is 82.9 Å². The highest BCUT2D eigenvalue weighted by atomic mass is 79.9. The number of allylic oxidation sites excluding steroid dienone is 2. The van der Waals surface area contributed by atoms with Crippen LogP contribution in [0, 0.1) is 23.6 Å². The van der Waals surface area contributed by atoms with E-state index in [-0.39, 0.29) is 41.1 Å². The quantitative estimate of drug-likeness (QED) is 0.199. The predicted molar refractivity (Wildman–Crippen MR) is 168 cm³/mol.